The van der Waals surface area contributed by atoms with Gasteiger partial charge in [0.05, 0.1) is 23.2 Å². The van der Waals surface area contributed by atoms with Crippen LogP contribution in [0.2, 0.25) is 0 Å². The zero-order valence-electron chi connectivity index (χ0n) is 16.1. The van der Waals surface area contributed by atoms with Crippen LogP contribution in [0.25, 0.3) is 0 Å². The summed E-state index contributed by atoms with van der Waals surface area (Å²) in [5, 5.41) is 0. The van der Waals surface area contributed by atoms with Gasteiger partial charge in [-0.2, -0.15) is 0 Å². The van der Waals surface area contributed by atoms with Crippen LogP contribution in [-0.2, 0) is 14.8 Å². The first-order valence-electron chi connectivity index (χ1n) is 8.38. The fourth-order valence-electron chi connectivity index (χ4n) is 2.50. The van der Waals surface area contributed by atoms with Gasteiger partial charge in [0.1, 0.15) is 5.60 Å². The molecule has 2 aromatic rings. The van der Waals surface area contributed by atoms with Crippen molar-refractivity contribution in [2.24, 2.45) is 0 Å². The molecule has 0 aliphatic carbocycles. The van der Waals surface area contributed by atoms with Crippen molar-refractivity contribution in [2.75, 3.05) is 10.6 Å². The molecule has 0 radical (unpaired) electrons. The molecule has 0 atom stereocenters. The topological polar surface area (TPSA) is 63.7 Å². The van der Waals surface area contributed by atoms with Crippen molar-refractivity contribution in [1.82, 2.24) is 0 Å². The third-order valence-electron chi connectivity index (χ3n) is 3.38. The molecule has 27 heavy (non-hydrogen) atoms. The number of carbonyl (C=O) groups is 1. The lowest BCUT2D eigenvalue weighted by atomic mass is 10.1. The summed E-state index contributed by atoms with van der Waals surface area (Å²) in [5.74, 6) is 5.12. The maximum absolute atomic E-state index is 12.5. The van der Waals surface area contributed by atoms with Crippen molar-refractivity contribution < 1.29 is 17.9 Å². The smallest absolute Gasteiger partial charge is 0.338 e. The Hall–Kier alpha value is -2.78. The molecule has 0 spiro atoms. The summed E-state index contributed by atoms with van der Waals surface area (Å²) in [6.07, 6.45) is 1.12. The fourth-order valence-corrected chi connectivity index (χ4v) is 3.49. The normalized spacial score (nSPS) is 11.3. The monoisotopic (exact) mass is 385 g/mol. The number of rotatable bonds is 4. The lowest BCUT2D eigenvalue weighted by Crippen LogP contribution is -2.26. The molecule has 2 aromatic carbocycles. The van der Waals surface area contributed by atoms with Gasteiger partial charge in [-0.3, -0.25) is 0 Å². The Morgan fingerprint density at radius 1 is 1.04 bits per heavy atom. The summed E-state index contributed by atoms with van der Waals surface area (Å²) in [4.78, 5) is 12.5. The number of hydrogen-bond acceptors (Lipinski definition) is 4. The van der Waals surface area contributed by atoms with Crippen molar-refractivity contribution in [1.29, 1.82) is 0 Å². The number of sulfonamides is 1. The number of carbonyl (C=O) groups excluding carboxylic acids is 1. The van der Waals surface area contributed by atoms with Gasteiger partial charge in [-0.1, -0.05) is 24.1 Å². The molecule has 142 valence electrons. The molecule has 0 N–H and O–H groups in total. The van der Waals surface area contributed by atoms with E-state index >= 15 is 0 Å². The van der Waals surface area contributed by atoms with Crippen LogP contribution < -0.4 is 4.31 Å². The Balaban J connectivity index is 2.66. The van der Waals surface area contributed by atoms with Gasteiger partial charge in [-0.15, -0.1) is 5.92 Å². The number of benzene rings is 2. The maximum Gasteiger partial charge on any atom is 0.338 e. The lowest BCUT2D eigenvalue weighted by molar-refractivity contribution is 0.00695. The lowest BCUT2D eigenvalue weighted by Gasteiger charge is -2.24. The van der Waals surface area contributed by atoms with E-state index < -0.39 is 21.6 Å². The zero-order valence-corrected chi connectivity index (χ0v) is 16.9. The molecule has 0 bridgehead atoms. The Kier molecular flexibility index (Phi) is 5.97. The van der Waals surface area contributed by atoms with Crippen LogP contribution in [-0.4, -0.2) is 26.2 Å². The van der Waals surface area contributed by atoms with Crippen LogP contribution in [0, 0.1) is 11.8 Å². The SMILES string of the molecule is CC#Cc1cc(C(=O)OC(C)(C)C)cc(N(c2ccccc2)S(C)(=O)=O)c1. The molecule has 0 aromatic heterocycles. The molecular formula is C21H23NO4S. The van der Waals surface area contributed by atoms with E-state index in [2.05, 4.69) is 11.8 Å². The minimum absolute atomic E-state index is 0.241. The predicted octanol–water partition coefficient (Wildman–Crippen LogP) is 4.11. The predicted molar refractivity (Wildman–Crippen MR) is 108 cm³/mol. The molecule has 0 saturated carbocycles. The van der Waals surface area contributed by atoms with Gasteiger partial charge in [0.2, 0.25) is 10.0 Å². The number of ether oxygens (including phenoxy) is 1. The van der Waals surface area contributed by atoms with Crippen LogP contribution in [0.1, 0.15) is 43.6 Å². The highest BCUT2D eigenvalue weighted by Gasteiger charge is 2.23. The van der Waals surface area contributed by atoms with Crippen molar-refractivity contribution >= 4 is 27.4 Å². The van der Waals surface area contributed by atoms with Crippen molar-refractivity contribution in [2.45, 2.75) is 33.3 Å². The Labute approximate surface area is 161 Å². The second-order valence-electron chi connectivity index (χ2n) is 7.01. The van der Waals surface area contributed by atoms with E-state index in [-0.39, 0.29) is 5.56 Å². The average Bonchev–Trinajstić information content (AvgIpc) is 2.53. The average molecular weight is 385 g/mol. The summed E-state index contributed by atoms with van der Waals surface area (Å²) in [7, 11) is -3.65. The molecule has 0 heterocycles. The summed E-state index contributed by atoms with van der Waals surface area (Å²) >= 11 is 0. The van der Waals surface area contributed by atoms with Gasteiger partial charge in [-0.25, -0.2) is 17.5 Å². The quantitative estimate of drug-likeness (QED) is 0.587. The summed E-state index contributed by atoms with van der Waals surface area (Å²) < 4.78 is 31.6. The Morgan fingerprint density at radius 3 is 2.19 bits per heavy atom. The van der Waals surface area contributed by atoms with Crippen molar-refractivity contribution in [3.63, 3.8) is 0 Å². The zero-order chi connectivity index (χ0) is 20.2. The Morgan fingerprint density at radius 2 is 1.67 bits per heavy atom. The van der Waals surface area contributed by atoms with Crippen LogP contribution >= 0.6 is 0 Å². The first-order valence-corrected chi connectivity index (χ1v) is 10.2. The molecule has 0 saturated heterocycles. The first-order chi connectivity index (χ1) is 12.5. The molecule has 6 heteroatoms. The van der Waals surface area contributed by atoms with Gasteiger partial charge >= 0.3 is 5.97 Å². The van der Waals surface area contributed by atoms with Crippen LogP contribution in [0.5, 0.6) is 0 Å². The Bertz CT molecular complexity index is 994. The van der Waals surface area contributed by atoms with E-state index in [9.17, 15) is 13.2 Å². The van der Waals surface area contributed by atoms with Crippen molar-refractivity contribution in [3.05, 3.63) is 59.7 Å². The van der Waals surface area contributed by atoms with E-state index in [4.69, 9.17) is 4.74 Å². The molecule has 5 nitrogen and oxygen atoms in total. The van der Waals surface area contributed by atoms with Crippen molar-refractivity contribution in [3.8, 4) is 11.8 Å². The molecule has 0 fully saturated rings. The third kappa shape index (κ3) is 5.60. The van der Waals surface area contributed by atoms with Crippen LogP contribution in [0.4, 0.5) is 11.4 Å². The number of hydrogen-bond donors (Lipinski definition) is 0. The van der Waals surface area contributed by atoms with Gasteiger partial charge < -0.3 is 4.74 Å². The highest BCUT2D eigenvalue weighted by molar-refractivity contribution is 7.92. The number of nitrogens with zero attached hydrogens (tertiary/aromatic N) is 1. The number of para-hydroxylation sites is 1. The standard InChI is InChI=1S/C21H23NO4S/c1-6-10-16-13-17(20(23)26-21(2,3)4)15-19(14-16)22(27(5,24)25)18-11-8-7-9-12-18/h7-9,11-15H,1-5H3. The largest absolute Gasteiger partial charge is 0.456 e. The van der Waals surface area contributed by atoms with E-state index in [0.29, 0.717) is 16.9 Å². The minimum atomic E-state index is -3.65. The molecule has 0 unspecified atom stereocenters. The molecular weight excluding hydrogens is 362 g/mol. The molecule has 2 rings (SSSR count). The molecule has 0 amide bonds. The van der Waals surface area contributed by atoms with Crippen LogP contribution in [0.15, 0.2) is 48.5 Å². The van der Waals surface area contributed by atoms with E-state index in [1.54, 1.807) is 70.2 Å². The van der Waals surface area contributed by atoms with E-state index in [1.807, 2.05) is 0 Å². The summed E-state index contributed by atoms with van der Waals surface area (Å²) in [5.41, 5.74) is 0.895. The second kappa shape index (κ2) is 7.85. The fraction of sp³-hybridized carbons (Fsp3) is 0.286. The van der Waals surface area contributed by atoms with Crippen LogP contribution in [0.3, 0.4) is 0 Å². The van der Waals surface area contributed by atoms with E-state index in [0.717, 1.165) is 6.26 Å². The number of anilines is 2. The van der Waals surface area contributed by atoms with E-state index in [1.165, 1.54) is 10.4 Å². The van der Waals surface area contributed by atoms with Gasteiger partial charge in [0, 0.05) is 5.56 Å². The highest BCUT2D eigenvalue weighted by Crippen LogP contribution is 2.30. The molecule has 0 aliphatic heterocycles. The minimum Gasteiger partial charge on any atom is -0.456 e. The number of esters is 1. The maximum atomic E-state index is 12.5. The van der Waals surface area contributed by atoms with Gasteiger partial charge in [0.25, 0.3) is 0 Å². The summed E-state index contributed by atoms with van der Waals surface area (Å²) in [6.45, 7) is 6.99. The second-order valence-corrected chi connectivity index (χ2v) is 8.84. The third-order valence-corrected chi connectivity index (χ3v) is 4.46. The highest BCUT2D eigenvalue weighted by atomic mass is 32.2. The van der Waals surface area contributed by atoms with Gasteiger partial charge in [0.15, 0.2) is 0 Å². The molecule has 0 aliphatic rings. The summed E-state index contributed by atoms with van der Waals surface area (Å²) in [6, 6.07) is 13.4. The van der Waals surface area contributed by atoms with Gasteiger partial charge in [-0.05, 0) is 58.0 Å². The first kappa shape index (κ1) is 20.5.